The van der Waals surface area contributed by atoms with Gasteiger partial charge in [0, 0.05) is 37.2 Å². The summed E-state index contributed by atoms with van der Waals surface area (Å²) in [7, 11) is 0. The van der Waals surface area contributed by atoms with E-state index in [1.807, 2.05) is 6.92 Å². The predicted octanol–water partition coefficient (Wildman–Crippen LogP) is 1.40. The highest BCUT2D eigenvalue weighted by molar-refractivity contribution is 5.41. The first-order chi connectivity index (χ1) is 9.02. The van der Waals surface area contributed by atoms with Crippen LogP contribution >= 0.6 is 0 Å². The second-order valence-electron chi connectivity index (χ2n) is 4.95. The van der Waals surface area contributed by atoms with Gasteiger partial charge < -0.3 is 15.2 Å². The van der Waals surface area contributed by atoms with Crippen LogP contribution < -0.4 is 5.32 Å². The number of ether oxygens (including phenoxy) is 1. The van der Waals surface area contributed by atoms with Crippen LogP contribution in [0.4, 0.5) is 5.69 Å². The number of nitrogens with zero attached hydrogens (tertiary/aromatic N) is 1. The summed E-state index contributed by atoms with van der Waals surface area (Å²) in [4.78, 5) is 10.6. The largest absolute Gasteiger partial charge is 0.386 e. The van der Waals surface area contributed by atoms with Crippen molar-refractivity contribution in [2.75, 3.05) is 19.8 Å². The SMILES string of the molecule is CC(NCC1(O)CCOC1)c1ccccc1[N+](=O)[O-]. The van der Waals surface area contributed by atoms with E-state index < -0.39 is 5.60 Å². The molecule has 1 heterocycles. The number of benzene rings is 1. The maximum atomic E-state index is 11.0. The molecule has 0 aliphatic carbocycles. The summed E-state index contributed by atoms with van der Waals surface area (Å²) in [5.74, 6) is 0. The highest BCUT2D eigenvalue weighted by Gasteiger charge is 2.32. The van der Waals surface area contributed by atoms with E-state index in [9.17, 15) is 15.2 Å². The predicted molar refractivity (Wildman–Crippen MR) is 69.9 cm³/mol. The average Bonchev–Trinajstić information content (AvgIpc) is 2.83. The first-order valence-corrected chi connectivity index (χ1v) is 6.29. The summed E-state index contributed by atoms with van der Waals surface area (Å²) in [5.41, 5.74) is -0.148. The van der Waals surface area contributed by atoms with E-state index in [1.165, 1.54) is 6.07 Å². The number of nitro groups is 1. The molecule has 0 radical (unpaired) electrons. The first-order valence-electron chi connectivity index (χ1n) is 6.29. The molecule has 104 valence electrons. The van der Waals surface area contributed by atoms with Crippen molar-refractivity contribution in [3.05, 3.63) is 39.9 Å². The molecule has 1 aromatic carbocycles. The number of nitrogens with one attached hydrogen (secondary N) is 1. The number of hydrogen-bond donors (Lipinski definition) is 2. The molecule has 0 saturated carbocycles. The number of para-hydroxylation sites is 1. The van der Waals surface area contributed by atoms with E-state index in [-0.39, 0.29) is 16.7 Å². The number of aliphatic hydroxyl groups is 1. The molecule has 2 atom stereocenters. The van der Waals surface area contributed by atoms with Gasteiger partial charge in [0.25, 0.3) is 5.69 Å². The van der Waals surface area contributed by atoms with Gasteiger partial charge in [-0.15, -0.1) is 0 Å². The van der Waals surface area contributed by atoms with E-state index >= 15 is 0 Å². The van der Waals surface area contributed by atoms with Crippen LogP contribution in [0, 0.1) is 10.1 Å². The van der Waals surface area contributed by atoms with Crippen molar-refractivity contribution < 1.29 is 14.8 Å². The Morgan fingerprint density at radius 3 is 2.95 bits per heavy atom. The molecule has 1 aliphatic rings. The molecular weight excluding hydrogens is 248 g/mol. The third-order valence-corrected chi connectivity index (χ3v) is 3.42. The van der Waals surface area contributed by atoms with E-state index in [2.05, 4.69) is 5.32 Å². The van der Waals surface area contributed by atoms with Gasteiger partial charge in [0.15, 0.2) is 0 Å². The smallest absolute Gasteiger partial charge is 0.274 e. The van der Waals surface area contributed by atoms with Gasteiger partial charge in [-0.1, -0.05) is 18.2 Å². The molecule has 2 N–H and O–H groups in total. The highest BCUT2D eigenvalue weighted by atomic mass is 16.6. The van der Waals surface area contributed by atoms with Crippen LogP contribution in [0.15, 0.2) is 24.3 Å². The van der Waals surface area contributed by atoms with Gasteiger partial charge >= 0.3 is 0 Å². The fraction of sp³-hybridized carbons (Fsp3) is 0.538. The molecule has 2 rings (SSSR count). The van der Waals surface area contributed by atoms with Gasteiger partial charge in [0.1, 0.15) is 5.60 Å². The lowest BCUT2D eigenvalue weighted by Gasteiger charge is -2.23. The molecule has 0 spiro atoms. The van der Waals surface area contributed by atoms with Gasteiger partial charge in [0.05, 0.1) is 11.5 Å². The molecule has 0 amide bonds. The molecule has 1 aromatic rings. The molecule has 19 heavy (non-hydrogen) atoms. The Hall–Kier alpha value is -1.50. The molecule has 6 nitrogen and oxygen atoms in total. The van der Waals surface area contributed by atoms with Crippen molar-refractivity contribution in [2.45, 2.75) is 25.0 Å². The molecule has 6 heteroatoms. The van der Waals surface area contributed by atoms with Crippen LogP contribution in [0.2, 0.25) is 0 Å². The molecule has 1 aliphatic heterocycles. The molecule has 1 fully saturated rings. The quantitative estimate of drug-likeness (QED) is 0.621. The summed E-state index contributed by atoms with van der Waals surface area (Å²) < 4.78 is 5.16. The maximum absolute atomic E-state index is 11.0. The van der Waals surface area contributed by atoms with Crippen molar-refractivity contribution in [1.82, 2.24) is 5.32 Å². The van der Waals surface area contributed by atoms with Crippen LogP contribution in [-0.4, -0.2) is 35.4 Å². The van der Waals surface area contributed by atoms with Gasteiger partial charge in [-0.2, -0.15) is 0 Å². The summed E-state index contributed by atoms with van der Waals surface area (Å²) >= 11 is 0. The van der Waals surface area contributed by atoms with Crippen LogP contribution in [0.5, 0.6) is 0 Å². The van der Waals surface area contributed by atoms with Crippen molar-refractivity contribution >= 4 is 5.69 Å². The standard InChI is InChI=1S/C13H18N2O4/c1-10(14-8-13(16)6-7-19-9-13)11-4-2-3-5-12(11)15(17)18/h2-5,10,14,16H,6-9H2,1H3. The first kappa shape index (κ1) is 13.9. The Labute approximate surface area is 111 Å². The van der Waals surface area contributed by atoms with Crippen molar-refractivity contribution in [2.24, 2.45) is 0 Å². The van der Waals surface area contributed by atoms with Gasteiger partial charge in [-0.25, -0.2) is 0 Å². The highest BCUT2D eigenvalue weighted by Crippen LogP contribution is 2.25. The number of nitro benzene ring substituents is 1. The van der Waals surface area contributed by atoms with Crippen LogP contribution in [-0.2, 0) is 4.74 Å². The van der Waals surface area contributed by atoms with E-state index in [0.29, 0.717) is 31.7 Å². The number of hydrogen-bond acceptors (Lipinski definition) is 5. The van der Waals surface area contributed by atoms with Crippen LogP contribution in [0.25, 0.3) is 0 Å². The Kier molecular flexibility index (Phi) is 4.14. The zero-order valence-corrected chi connectivity index (χ0v) is 10.8. The summed E-state index contributed by atoms with van der Waals surface area (Å²) in [6, 6.07) is 6.43. The lowest BCUT2D eigenvalue weighted by atomic mass is 10.0. The Balaban J connectivity index is 2.03. The minimum atomic E-state index is -0.863. The second-order valence-corrected chi connectivity index (χ2v) is 4.95. The maximum Gasteiger partial charge on any atom is 0.274 e. The zero-order valence-electron chi connectivity index (χ0n) is 10.8. The van der Waals surface area contributed by atoms with Crippen LogP contribution in [0.1, 0.15) is 24.9 Å². The van der Waals surface area contributed by atoms with E-state index in [0.717, 1.165) is 0 Å². The lowest BCUT2D eigenvalue weighted by Crippen LogP contribution is -2.41. The van der Waals surface area contributed by atoms with Crippen molar-refractivity contribution in [1.29, 1.82) is 0 Å². The Bertz CT molecular complexity index is 458. The summed E-state index contributed by atoms with van der Waals surface area (Å²) in [5, 5.41) is 24.2. The third kappa shape index (κ3) is 3.28. The van der Waals surface area contributed by atoms with Gasteiger partial charge in [-0.3, -0.25) is 10.1 Å². The monoisotopic (exact) mass is 266 g/mol. The molecule has 2 unspecified atom stereocenters. The molecular formula is C13H18N2O4. The van der Waals surface area contributed by atoms with Crippen LogP contribution in [0.3, 0.4) is 0 Å². The summed E-state index contributed by atoms with van der Waals surface area (Å²) in [6.45, 7) is 3.07. The van der Waals surface area contributed by atoms with E-state index in [4.69, 9.17) is 4.74 Å². The normalized spacial score (nSPS) is 24.3. The van der Waals surface area contributed by atoms with E-state index in [1.54, 1.807) is 18.2 Å². The van der Waals surface area contributed by atoms with Crippen molar-refractivity contribution in [3.8, 4) is 0 Å². The lowest BCUT2D eigenvalue weighted by molar-refractivity contribution is -0.385. The molecule has 1 saturated heterocycles. The average molecular weight is 266 g/mol. The minimum absolute atomic E-state index is 0.0946. The summed E-state index contributed by atoms with van der Waals surface area (Å²) in [6.07, 6.45) is 0.587. The number of rotatable bonds is 5. The fourth-order valence-corrected chi connectivity index (χ4v) is 2.21. The molecule has 0 bridgehead atoms. The minimum Gasteiger partial charge on any atom is -0.386 e. The van der Waals surface area contributed by atoms with Gasteiger partial charge in [-0.05, 0) is 6.92 Å². The molecule has 0 aromatic heterocycles. The Morgan fingerprint density at radius 1 is 1.58 bits per heavy atom. The third-order valence-electron chi connectivity index (χ3n) is 3.42. The van der Waals surface area contributed by atoms with Gasteiger partial charge in [0.2, 0.25) is 0 Å². The zero-order chi connectivity index (χ0) is 13.9. The Morgan fingerprint density at radius 2 is 2.32 bits per heavy atom. The fourth-order valence-electron chi connectivity index (χ4n) is 2.21. The topological polar surface area (TPSA) is 84.6 Å². The second kappa shape index (κ2) is 5.64. The van der Waals surface area contributed by atoms with Crippen molar-refractivity contribution in [3.63, 3.8) is 0 Å².